The Bertz CT molecular complexity index is 970. The molecule has 146 valence electrons. The Morgan fingerprint density at radius 1 is 1.07 bits per heavy atom. The maximum Gasteiger partial charge on any atom is 0.176 e. The van der Waals surface area contributed by atoms with E-state index in [4.69, 9.17) is 0 Å². The molecule has 1 aliphatic rings. The van der Waals surface area contributed by atoms with E-state index >= 15 is 0 Å². The van der Waals surface area contributed by atoms with Gasteiger partial charge in [0.2, 0.25) is 0 Å². The fourth-order valence-electron chi connectivity index (χ4n) is 3.43. The molecule has 0 saturated heterocycles. The standard InChI is InChI=1S/C21H26O5S/c1-11(2)13(4)19-14(5)15(7-8-18(19)27(6,25)26)21(24)20-16(22)9-12(3)10-17(20)23/h7-8,12,24H,9-10H2,1-6H3. The summed E-state index contributed by atoms with van der Waals surface area (Å²) in [7, 11) is -3.50. The van der Waals surface area contributed by atoms with Gasteiger partial charge in [-0.3, -0.25) is 9.59 Å². The van der Waals surface area contributed by atoms with Crippen LogP contribution in [0.3, 0.4) is 0 Å². The van der Waals surface area contributed by atoms with Gasteiger partial charge in [0.05, 0.1) is 4.90 Å². The summed E-state index contributed by atoms with van der Waals surface area (Å²) in [6, 6.07) is 2.89. The number of sulfone groups is 1. The Morgan fingerprint density at radius 3 is 2.04 bits per heavy atom. The van der Waals surface area contributed by atoms with Crippen molar-refractivity contribution in [1.82, 2.24) is 0 Å². The second-order valence-electron chi connectivity index (χ2n) is 7.59. The molecule has 5 nitrogen and oxygen atoms in total. The summed E-state index contributed by atoms with van der Waals surface area (Å²) in [6.07, 6.45) is 1.56. The van der Waals surface area contributed by atoms with E-state index in [1.54, 1.807) is 6.92 Å². The molecule has 0 unspecified atom stereocenters. The Balaban J connectivity index is 2.83. The van der Waals surface area contributed by atoms with E-state index in [2.05, 4.69) is 0 Å². The molecule has 0 heterocycles. The van der Waals surface area contributed by atoms with Crippen molar-refractivity contribution >= 4 is 32.7 Å². The van der Waals surface area contributed by atoms with E-state index in [9.17, 15) is 23.1 Å². The number of hydrogen-bond donors (Lipinski definition) is 1. The number of ketones is 2. The molecule has 27 heavy (non-hydrogen) atoms. The number of carbonyl (C=O) groups excluding carboxylic acids is 2. The first-order chi connectivity index (χ1) is 12.4. The zero-order valence-corrected chi connectivity index (χ0v) is 17.5. The summed E-state index contributed by atoms with van der Waals surface area (Å²) in [5.41, 5.74) is 2.88. The average molecular weight is 391 g/mol. The molecule has 1 aromatic rings. The lowest BCUT2D eigenvalue weighted by Crippen LogP contribution is -2.25. The summed E-state index contributed by atoms with van der Waals surface area (Å²) in [6.45, 7) is 9.09. The highest BCUT2D eigenvalue weighted by atomic mass is 32.2. The molecule has 1 fully saturated rings. The van der Waals surface area contributed by atoms with E-state index in [1.807, 2.05) is 27.7 Å². The van der Waals surface area contributed by atoms with E-state index < -0.39 is 9.84 Å². The fraction of sp³-hybridized carbons (Fsp3) is 0.429. The Hall–Kier alpha value is -2.21. The van der Waals surface area contributed by atoms with Gasteiger partial charge in [0.15, 0.2) is 21.4 Å². The molecule has 1 N–H and O–H groups in total. The van der Waals surface area contributed by atoms with Crippen molar-refractivity contribution in [2.45, 2.75) is 52.4 Å². The highest BCUT2D eigenvalue weighted by molar-refractivity contribution is 7.90. The highest BCUT2D eigenvalue weighted by Gasteiger charge is 2.32. The maximum atomic E-state index is 12.4. The second-order valence-corrected chi connectivity index (χ2v) is 9.58. The number of allylic oxidation sites excluding steroid dienone is 3. The Labute approximate surface area is 160 Å². The number of Topliss-reactive ketones (excluding diaryl/α,β-unsaturated/α-hetero) is 2. The summed E-state index contributed by atoms with van der Waals surface area (Å²) < 4.78 is 24.5. The smallest absolute Gasteiger partial charge is 0.176 e. The van der Waals surface area contributed by atoms with E-state index in [0.717, 1.165) is 17.4 Å². The minimum Gasteiger partial charge on any atom is -0.506 e. The van der Waals surface area contributed by atoms with E-state index in [0.29, 0.717) is 16.7 Å². The van der Waals surface area contributed by atoms with Crippen LogP contribution in [-0.2, 0) is 19.4 Å². The summed E-state index contributed by atoms with van der Waals surface area (Å²) in [4.78, 5) is 24.9. The first kappa shape index (κ1) is 21.1. The van der Waals surface area contributed by atoms with E-state index in [1.165, 1.54) is 12.1 Å². The van der Waals surface area contributed by atoms with Crippen LogP contribution in [-0.4, -0.2) is 31.3 Å². The predicted molar refractivity (Wildman–Crippen MR) is 106 cm³/mol. The van der Waals surface area contributed by atoms with Gasteiger partial charge in [0, 0.05) is 24.7 Å². The van der Waals surface area contributed by atoms with Gasteiger partial charge < -0.3 is 5.11 Å². The lowest BCUT2D eigenvalue weighted by Gasteiger charge is -2.21. The number of aliphatic hydroxyl groups is 1. The number of aliphatic hydroxyl groups excluding tert-OH is 1. The van der Waals surface area contributed by atoms with Crippen LogP contribution < -0.4 is 0 Å². The average Bonchev–Trinajstić information content (AvgIpc) is 2.51. The van der Waals surface area contributed by atoms with Crippen LogP contribution in [0.4, 0.5) is 0 Å². The SMILES string of the molecule is CC(C)=C(C)c1c(S(C)(=O)=O)ccc(C(O)=C2C(=O)CC(C)CC2=O)c1C. The highest BCUT2D eigenvalue weighted by Crippen LogP contribution is 2.35. The predicted octanol–water partition coefficient (Wildman–Crippen LogP) is 4.05. The van der Waals surface area contributed by atoms with Crippen molar-refractivity contribution in [2.24, 2.45) is 5.92 Å². The quantitative estimate of drug-likeness (QED) is 0.478. The van der Waals surface area contributed by atoms with Gasteiger partial charge in [-0.05, 0) is 62.4 Å². The van der Waals surface area contributed by atoms with Gasteiger partial charge in [0.25, 0.3) is 0 Å². The monoisotopic (exact) mass is 390 g/mol. The van der Waals surface area contributed by atoms with Gasteiger partial charge in [-0.2, -0.15) is 0 Å². The largest absolute Gasteiger partial charge is 0.506 e. The van der Waals surface area contributed by atoms with Crippen LogP contribution in [0, 0.1) is 12.8 Å². The molecular formula is C21H26O5S. The van der Waals surface area contributed by atoms with Gasteiger partial charge >= 0.3 is 0 Å². The zero-order chi connectivity index (χ0) is 20.7. The van der Waals surface area contributed by atoms with Crippen molar-refractivity contribution < 1.29 is 23.1 Å². The van der Waals surface area contributed by atoms with E-state index in [-0.39, 0.29) is 46.6 Å². The summed E-state index contributed by atoms with van der Waals surface area (Å²) in [5, 5.41) is 10.8. The molecule has 1 aromatic carbocycles. The number of benzene rings is 1. The van der Waals surface area contributed by atoms with Crippen LogP contribution in [0.25, 0.3) is 11.3 Å². The van der Waals surface area contributed by atoms with Crippen molar-refractivity contribution in [2.75, 3.05) is 6.26 Å². The van der Waals surface area contributed by atoms with Crippen molar-refractivity contribution in [3.8, 4) is 0 Å². The van der Waals surface area contributed by atoms with Gasteiger partial charge in [-0.1, -0.05) is 12.5 Å². The van der Waals surface area contributed by atoms with Crippen LogP contribution in [0.5, 0.6) is 0 Å². The first-order valence-corrected chi connectivity index (χ1v) is 10.7. The third-order valence-corrected chi connectivity index (χ3v) is 6.21. The van der Waals surface area contributed by atoms with Gasteiger partial charge in [-0.25, -0.2) is 8.42 Å². The summed E-state index contributed by atoms with van der Waals surface area (Å²) >= 11 is 0. The molecule has 0 atom stereocenters. The van der Waals surface area contributed by atoms with Crippen LogP contribution in [0.15, 0.2) is 28.2 Å². The van der Waals surface area contributed by atoms with Crippen molar-refractivity contribution in [1.29, 1.82) is 0 Å². The first-order valence-electron chi connectivity index (χ1n) is 8.84. The normalized spacial score (nSPS) is 17.9. The Morgan fingerprint density at radius 2 is 1.59 bits per heavy atom. The third-order valence-electron chi connectivity index (χ3n) is 5.07. The summed E-state index contributed by atoms with van der Waals surface area (Å²) in [5.74, 6) is -1.15. The molecule has 0 aliphatic heterocycles. The van der Waals surface area contributed by atoms with Crippen LogP contribution >= 0.6 is 0 Å². The molecule has 0 radical (unpaired) electrons. The molecule has 1 saturated carbocycles. The zero-order valence-electron chi connectivity index (χ0n) is 16.6. The third kappa shape index (κ3) is 4.05. The van der Waals surface area contributed by atoms with Gasteiger partial charge in [0.1, 0.15) is 11.3 Å². The molecule has 0 amide bonds. The molecule has 0 spiro atoms. The maximum absolute atomic E-state index is 12.4. The number of rotatable bonds is 3. The lowest BCUT2D eigenvalue weighted by atomic mass is 9.82. The minimum absolute atomic E-state index is 0.0428. The molecular weight excluding hydrogens is 364 g/mol. The lowest BCUT2D eigenvalue weighted by molar-refractivity contribution is -0.125. The molecule has 2 rings (SSSR count). The van der Waals surface area contributed by atoms with Crippen molar-refractivity contribution in [3.05, 3.63) is 40.0 Å². The molecule has 1 aliphatic carbocycles. The minimum atomic E-state index is -3.50. The van der Waals surface area contributed by atoms with Gasteiger partial charge in [-0.15, -0.1) is 0 Å². The van der Waals surface area contributed by atoms with Crippen molar-refractivity contribution in [3.63, 3.8) is 0 Å². The molecule has 6 heteroatoms. The van der Waals surface area contributed by atoms with Crippen LogP contribution in [0.1, 0.15) is 57.2 Å². The molecule has 0 aromatic heterocycles. The second kappa shape index (κ2) is 7.43. The fourth-order valence-corrected chi connectivity index (χ4v) is 4.42. The number of carbonyl (C=O) groups is 2. The molecule has 0 bridgehead atoms. The van der Waals surface area contributed by atoms with Crippen LogP contribution in [0.2, 0.25) is 0 Å². The topological polar surface area (TPSA) is 88.5 Å². The Kier molecular flexibility index (Phi) is 5.80. The number of hydrogen-bond acceptors (Lipinski definition) is 5.